The van der Waals surface area contributed by atoms with E-state index in [-0.39, 0.29) is 21.2 Å². The first kappa shape index (κ1) is 16.6. The van der Waals surface area contributed by atoms with Crippen LogP contribution in [0.3, 0.4) is 0 Å². The molecule has 0 atom stereocenters. The Morgan fingerprint density at radius 1 is 0.909 bits per heavy atom. The van der Waals surface area contributed by atoms with Crippen molar-refractivity contribution in [1.82, 2.24) is 0 Å². The van der Waals surface area contributed by atoms with Crippen molar-refractivity contribution in [2.45, 2.75) is 6.18 Å². The molecule has 0 aromatic heterocycles. The molecule has 0 heterocycles. The minimum Gasteiger partial charge on any atom is -0.289 e. The number of allylic oxidation sites excluding steroid dienone is 2. The lowest BCUT2D eigenvalue weighted by Crippen LogP contribution is -2.13. The van der Waals surface area contributed by atoms with Crippen molar-refractivity contribution in [2.75, 3.05) is 0 Å². The maximum absolute atomic E-state index is 13.2. The van der Waals surface area contributed by atoms with E-state index < -0.39 is 17.5 Å². The first-order chi connectivity index (χ1) is 10.3. The topological polar surface area (TPSA) is 17.1 Å². The molecule has 0 fully saturated rings. The van der Waals surface area contributed by atoms with Gasteiger partial charge < -0.3 is 0 Å². The predicted molar refractivity (Wildman–Crippen MR) is 81.3 cm³/mol. The van der Waals surface area contributed by atoms with Gasteiger partial charge in [-0.15, -0.1) is 0 Å². The van der Waals surface area contributed by atoms with Crippen LogP contribution < -0.4 is 0 Å². The zero-order valence-corrected chi connectivity index (χ0v) is 12.5. The number of carbonyl (C=O) groups excluding carboxylic acids is 1. The van der Waals surface area contributed by atoms with Crippen molar-refractivity contribution in [3.8, 4) is 0 Å². The summed E-state index contributed by atoms with van der Waals surface area (Å²) in [4.78, 5) is 12.0. The SMILES string of the molecule is O=C(/C=C(/c1cc(Cl)cc(Cl)c1)C(F)(F)F)c1ccccc1. The lowest BCUT2D eigenvalue weighted by Gasteiger charge is -2.12. The highest BCUT2D eigenvalue weighted by molar-refractivity contribution is 6.35. The molecule has 0 saturated heterocycles. The molecule has 2 aromatic carbocycles. The minimum atomic E-state index is -4.71. The summed E-state index contributed by atoms with van der Waals surface area (Å²) in [5, 5.41) is 0.120. The van der Waals surface area contributed by atoms with Crippen molar-refractivity contribution in [3.05, 3.63) is 75.8 Å². The molecule has 0 unspecified atom stereocenters. The molecule has 0 radical (unpaired) electrons. The lowest BCUT2D eigenvalue weighted by molar-refractivity contribution is -0.0689. The highest BCUT2D eigenvalue weighted by Gasteiger charge is 2.35. The van der Waals surface area contributed by atoms with E-state index in [1.165, 1.54) is 18.2 Å². The van der Waals surface area contributed by atoms with Crippen molar-refractivity contribution in [1.29, 1.82) is 0 Å². The molecule has 0 aliphatic rings. The third kappa shape index (κ3) is 4.12. The molecule has 0 N–H and O–H groups in total. The number of ketones is 1. The summed E-state index contributed by atoms with van der Waals surface area (Å²) in [6.07, 6.45) is -4.16. The van der Waals surface area contributed by atoms with Gasteiger partial charge in [-0.1, -0.05) is 53.5 Å². The molecule has 6 heteroatoms. The normalized spacial score (nSPS) is 12.3. The minimum absolute atomic E-state index is 0.0600. The first-order valence-electron chi connectivity index (χ1n) is 6.12. The Balaban J connectivity index is 2.52. The average Bonchev–Trinajstić information content (AvgIpc) is 2.43. The fourth-order valence-corrected chi connectivity index (χ4v) is 2.38. The fraction of sp³-hybridized carbons (Fsp3) is 0.0625. The second kappa shape index (κ2) is 6.55. The molecular formula is C16H9Cl2F3O. The Morgan fingerprint density at radius 3 is 1.95 bits per heavy atom. The highest BCUT2D eigenvalue weighted by atomic mass is 35.5. The van der Waals surface area contributed by atoms with E-state index in [2.05, 4.69) is 0 Å². The molecule has 114 valence electrons. The maximum Gasteiger partial charge on any atom is 0.417 e. The van der Waals surface area contributed by atoms with E-state index in [0.717, 1.165) is 12.1 Å². The Bertz CT molecular complexity index is 702. The Hall–Kier alpha value is -1.78. The molecule has 2 aromatic rings. The van der Waals surface area contributed by atoms with Crippen LogP contribution in [0.5, 0.6) is 0 Å². The molecule has 1 nitrogen and oxygen atoms in total. The van der Waals surface area contributed by atoms with Gasteiger partial charge in [-0.3, -0.25) is 4.79 Å². The van der Waals surface area contributed by atoms with Crippen LogP contribution in [-0.4, -0.2) is 12.0 Å². The van der Waals surface area contributed by atoms with Crippen molar-refractivity contribution >= 4 is 34.6 Å². The van der Waals surface area contributed by atoms with Crippen LogP contribution >= 0.6 is 23.2 Å². The average molecular weight is 345 g/mol. The van der Waals surface area contributed by atoms with Gasteiger partial charge in [-0.25, -0.2) is 0 Å². The van der Waals surface area contributed by atoms with Gasteiger partial charge in [-0.05, 0) is 29.8 Å². The van der Waals surface area contributed by atoms with E-state index >= 15 is 0 Å². The standard InChI is InChI=1S/C16H9Cl2F3O/c17-12-6-11(7-13(18)8-12)14(16(19,20)21)9-15(22)10-4-2-1-3-5-10/h1-9H/b14-9-. The highest BCUT2D eigenvalue weighted by Crippen LogP contribution is 2.36. The molecular weight excluding hydrogens is 336 g/mol. The van der Waals surface area contributed by atoms with Gasteiger partial charge in [0, 0.05) is 15.6 Å². The van der Waals surface area contributed by atoms with Gasteiger partial charge in [0.2, 0.25) is 0 Å². The first-order valence-corrected chi connectivity index (χ1v) is 6.88. The summed E-state index contributed by atoms with van der Waals surface area (Å²) in [7, 11) is 0. The molecule has 22 heavy (non-hydrogen) atoms. The van der Waals surface area contributed by atoms with Gasteiger partial charge in [0.1, 0.15) is 0 Å². The maximum atomic E-state index is 13.2. The molecule has 0 spiro atoms. The van der Waals surface area contributed by atoms with E-state index in [1.807, 2.05) is 0 Å². The number of benzene rings is 2. The van der Waals surface area contributed by atoms with Crippen LogP contribution in [0.2, 0.25) is 10.0 Å². The third-order valence-electron chi connectivity index (χ3n) is 2.81. The van der Waals surface area contributed by atoms with Gasteiger partial charge in [0.15, 0.2) is 5.78 Å². The van der Waals surface area contributed by atoms with E-state index in [1.54, 1.807) is 18.2 Å². The number of carbonyl (C=O) groups is 1. The molecule has 0 bridgehead atoms. The second-order valence-electron chi connectivity index (χ2n) is 4.44. The van der Waals surface area contributed by atoms with Crippen LogP contribution in [0.25, 0.3) is 5.57 Å². The molecule has 0 aliphatic carbocycles. The van der Waals surface area contributed by atoms with Crippen LogP contribution in [0.15, 0.2) is 54.6 Å². The van der Waals surface area contributed by atoms with E-state index in [4.69, 9.17) is 23.2 Å². The predicted octanol–water partition coefficient (Wildman–Crippen LogP) is 5.82. The quantitative estimate of drug-likeness (QED) is 0.506. The number of hydrogen-bond acceptors (Lipinski definition) is 1. The number of alkyl halides is 3. The Labute approximate surface area is 135 Å². The van der Waals surface area contributed by atoms with Crippen molar-refractivity contribution in [2.24, 2.45) is 0 Å². The third-order valence-corrected chi connectivity index (χ3v) is 3.25. The Morgan fingerprint density at radius 2 is 1.45 bits per heavy atom. The number of hydrogen-bond donors (Lipinski definition) is 0. The van der Waals surface area contributed by atoms with Gasteiger partial charge in [0.05, 0.1) is 5.57 Å². The number of rotatable bonds is 3. The van der Waals surface area contributed by atoms with Crippen LogP contribution in [0.1, 0.15) is 15.9 Å². The van der Waals surface area contributed by atoms with Crippen molar-refractivity contribution < 1.29 is 18.0 Å². The zero-order chi connectivity index (χ0) is 16.3. The summed E-state index contributed by atoms with van der Waals surface area (Å²) in [6, 6.07) is 11.3. The van der Waals surface area contributed by atoms with Gasteiger partial charge in [0.25, 0.3) is 0 Å². The number of halogens is 5. The molecule has 0 aliphatic heterocycles. The van der Waals surface area contributed by atoms with E-state index in [9.17, 15) is 18.0 Å². The van der Waals surface area contributed by atoms with Gasteiger partial charge >= 0.3 is 6.18 Å². The summed E-state index contributed by atoms with van der Waals surface area (Å²) >= 11 is 11.5. The zero-order valence-electron chi connectivity index (χ0n) is 11.0. The molecule has 0 saturated carbocycles. The summed E-state index contributed by atoms with van der Waals surface area (Å²) < 4.78 is 39.7. The van der Waals surface area contributed by atoms with Crippen LogP contribution in [-0.2, 0) is 0 Å². The lowest BCUT2D eigenvalue weighted by atomic mass is 10.0. The fourth-order valence-electron chi connectivity index (χ4n) is 1.86. The molecule has 0 amide bonds. The Kier molecular flexibility index (Phi) is 4.94. The summed E-state index contributed by atoms with van der Waals surface area (Å²) in [5.41, 5.74) is -1.18. The largest absolute Gasteiger partial charge is 0.417 e. The molecule has 2 rings (SSSR count). The van der Waals surface area contributed by atoms with Crippen LogP contribution in [0, 0.1) is 0 Å². The van der Waals surface area contributed by atoms with Gasteiger partial charge in [-0.2, -0.15) is 13.2 Å². The summed E-state index contributed by atoms with van der Waals surface area (Å²) in [6.45, 7) is 0. The smallest absolute Gasteiger partial charge is 0.289 e. The van der Waals surface area contributed by atoms with Crippen molar-refractivity contribution in [3.63, 3.8) is 0 Å². The second-order valence-corrected chi connectivity index (χ2v) is 5.32. The van der Waals surface area contributed by atoms with E-state index in [0.29, 0.717) is 6.08 Å². The summed E-state index contributed by atoms with van der Waals surface area (Å²) in [5.74, 6) is -0.746. The monoisotopic (exact) mass is 344 g/mol. The van der Waals surface area contributed by atoms with Crippen LogP contribution in [0.4, 0.5) is 13.2 Å².